The molecule has 0 saturated carbocycles. The number of nitrogens with zero attached hydrogens (tertiary/aromatic N) is 1. The van der Waals surface area contributed by atoms with Crippen LogP contribution in [0, 0.1) is 12.7 Å². The largest absolute Gasteiger partial charge is 0.382 e. The fourth-order valence-electron chi connectivity index (χ4n) is 2.42. The normalized spacial score (nSPS) is 18.0. The number of aryl methyl sites for hydroxylation is 1. The Morgan fingerprint density at radius 2 is 2.06 bits per heavy atom. The van der Waals surface area contributed by atoms with Gasteiger partial charge < -0.3 is 10.2 Å². The summed E-state index contributed by atoms with van der Waals surface area (Å²) < 4.78 is 13.9. The van der Waals surface area contributed by atoms with Gasteiger partial charge in [0, 0.05) is 24.8 Å². The lowest BCUT2D eigenvalue weighted by Crippen LogP contribution is -2.38. The van der Waals surface area contributed by atoms with Crippen LogP contribution in [0.4, 0.5) is 10.1 Å². The molecule has 2 nitrogen and oxygen atoms in total. The Labute approximate surface area is 117 Å². The van der Waals surface area contributed by atoms with Crippen molar-refractivity contribution < 1.29 is 4.39 Å². The Bertz CT molecular complexity index is 415. The summed E-state index contributed by atoms with van der Waals surface area (Å²) in [6, 6.07) is 3.92. The van der Waals surface area contributed by atoms with E-state index in [-0.39, 0.29) is 5.82 Å². The molecule has 0 aliphatic carbocycles. The number of rotatable bonds is 3. The smallest absolute Gasteiger partial charge is 0.137 e. The molecule has 0 radical (unpaired) electrons. The van der Waals surface area contributed by atoms with E-state index in [1.54, 1.807) is 6.07 Å². The quantitative estimate of drug-likeness (QED) is 0.913. The van der Waals surface area contributed by atoms with Crippen LogP contribution in [-0.2, 0) is 0 Å². The highest BCUT2D eigenvalue weighted by molar-refractivity contribution is 9.10. The monoisotopic (exact) mass is 314 g/mol. The standard InChI is InChI=1S/C14H20BrFN2/c1-3-18-6-4-11(5-7-18)17-14-9-12(15)13(16)8-10(14)2/h8-9,11,17H,3-7H2,1-2H3. The number of halogens is 2. The molecule has 1 heterocycles. The van der Waals surface area contributed by atoms with Gasteiger partial charge in [0.05, 0.1) is 4.47 Å². The Balaban J connectivity index is 2.00. The van der Waals surface area contributed by atoms with Gasteiger partial charge in [0.15, 0.2) is 0 Å². The fraction of sp³-hybridized carbons (Fsp3) is 0.571. The molecule has 1 aliphatic rings. The van der Waals surface area contributed by atoms with Crippen molar-refractivity contribution in [3.8, 4) is 0 Å². The molecule has 18 heavy (non-hydrogen) atoms. The number of benzene rings is 1. The number of anilines is 1. The Morgan fingerprint density at radius 3 is 2.67 bits per heavy atom. The first-order valence-corrected chi connectivity index (χ1v) is 7.34. The van der Waals surface area contributed by atoms with Crippen LogP contribution in [0.2, 0.25) is 0 Å². The summed E-state index contributed by atoms with van der Waals surface area (Å²) >= 11 is 3.24. The van der Waals surface area contributed by atoms with E-state index in [1.807, 2.05) is 13.0 Å². The summed E-state index contributed by atoms with van der Waals surface area (Å²) in [5.74, 6) is -0.196. The average molecular weight is 315 g/mol. The van der Waals surface area contributed by atoms with Gasteiger partial charge in [-0.1, -0.05) is 6.92 Å². The van der Waals surface area contributed by atoms with Crippen LogP contribution >= 0.6 is 15.9 Å². The number of nitrogens with one attached hydrogen (secondary N) is 1. The zero-order valence-corrected chi connectivity index (χ0v) is 12.6. The minimum Gasteiger partial charge on any atom is -0.382 e. The van der Waals surface area contributed by atoms with Crippen LogP contribution in [0.5, 0.6) is 0 Å². The van der Waals surface area contributed by atoms with Crippen molar-refractivity contribution >= 4 is 21.6 Å². The van der Waals surface area contributed by atoms with Crippen LogP contribution in [0.25, 0.3) is 0 Å². The maximum Gasteiger partial charge on any atom is 0.137 e. The van der Waals surface area contributed by atoms with E-state index in [9.17, 15) is 4.39 Å². The molecule has 4 heteroatoms. The van der Waals surface area contributed by atoms with E-state index >= 15 is 0 Å². The van der Waals surface area contributed by atoms with Gasteiger partial charge in [-0.3, -0.25) is 0 Å². The molecule has 1 N–H and O–H groups in total. The zero-order valence-electron chi connectivity index (χ0n) is 11.0. The lowest BCUT2D eigenvalue weighted by molar-refractivity contribution is 0.229. The Hall–Kier alpha value is -0.610. The van der Waals surface area contributed by atoms with E-state index in [0.717, 1.165) is 43.7 Å². The molecule has 0 spiro atoms. The van der Waals surface area contributed by atoms with Crippen LogP contribution in [0.3, 0.4) is 0 Å². The molecule has 0 unspecified atom stereocenters. The van der Waals surface area contributed by atoms with Gasteiger partial charge in [0.2, 0.25) is 0 Å². The van der Waals surface area contributed by atoms with E-state index in [2.05, 4.69) is 33.1 Å². The summed E-state index contributed by atoms with van der Waals surface area (Å²) in [4.78, 5) is 2.46. The van der Waals surface area contributed by atoms with Crippen LogP contribution < -0.4 is 5.32 Å². The molecule has 2 rings (SSSR count). The molecule has 1 aliphatic heterocycles. The summed E-state index contributed by atoms with van der Waals surface area (Å²) in [6.07, 6.45) is 2.31. The van der Waals surface area contributed by atoms with Gasteiger partial charge in [0.1, 0.15) is 5.82 Å². The minimum absolute atomic E-state index is 0.196. The summed E-state index contributed by atoms with van der Waals surface area (Å²) in [7, 11) is 0. The first kappa shape index (κ1) is 13.8. The lowest BCUT2D eigenvalue weighted by atomic mass is 10.0. The number of hydrogen-bond donors (Lipinski definition) is 1. The Morgan fingerprint density at radius 1 is 1.39 bits per heavy atom. The zero-order chi connectivity index (χ0) is 13.1. The van der Waals surface area contributed by atoms with Crippen molar-refractivity contribution in [3.05, 3.63) is 28.0 Å². The van der Waals surface area contributed by atoms with E-state index in [1.165, 1.54) is 0 Å². The van der Waals surface area contributed by atoms with Crippen molar-refractivity contribution in [2.75, 3.05) is 25.0 Å². The van der Waals surface area contributed by atoms with Crippen molar-refractivity contribution in [2.45, 2.75) is 32.7 Å². The first-order valence-electron chi connectivity index (χ1n) is 6.54. The van der Waals surface area contributed by atoms with Crippen molar-refractivity contribution in [1.29, 1.82) is 0 Å². The van der Waals surface area contributed by atoms with Gasteiger partial charge in [-0.05, 0) is 59.9 Å². The molecular weight excluding hydrogens is 295 g/mol. The SMILES string of the molecule is CCN1CCC(Nc2cc(Br)c(F)cc2C)CC1. The lowest BCUT2D eigenvalue weighted by Gasteiger charge is -2.32. The van der Waals surface area contributed by atoms with Crippen molar-refractivity contribution in [1.82, 2.24) is 4.90 Å². The van der Waals surface area contributed by atoms with Crippen LogP contribution in [0.15, 0.2) is 16.6 Å². The fourth-order valence-corrected chi connectivity index (χ4v) is 2.76. The highest BCUT2D eigenvalue weighted by atomic mass is 79.9. The molecule has 0 aromatic heterocycles. The molecule has 100 valence electrons. The van der Waals surface area contributed by atoms with Gasteiger partial charge in [-0.15, -0.1) is 0 Å². The van der Waals surface area contributed by atoms with Crippen LogP contribution in [-0.4, -0.2) is 30.6 Å². The second-order valence-electron chi connectivity index (χ2n) is 4.93. The molecule has 0 bridgehead atoms. The van der Waals surface area contributed by atoms with E-state index in [4.69, 9.17) is 0 Å². The van der Waals surface area contributed by atoms with Crippen molar-refractivity contribution in [3.63, 3.8) is 0 Å². The third-order valence-corrected chi connectivity index (χ3v) is 4.27. The van der Waals surface area contributed by atoms with Gasteiger partial charge in [-0.25, -0.2) is 4.39 Å². The predicted molar refractivity (Wildman–Crippen MR) is 77.6 cm³/mol. The Kier molecular flexibility index (Phi) is 4.62. The molecule has 1 fully saturated rings. The summed E-state index contributed by atoms with van der Waals surface area (Å²) in [6.45, 7) is 7.58. The maximum atomic E-state index is 13.4. The molecule has 0 atom stereocenters. The van der Waals surface area contributed by atoms with E-state index in [0.29, 0.717) is 10.5 Å². The van der Waals surface area contributed by atoms with Gasteiger partial charge >= 0.3 is 0 Å². The molecular formula is C14H20BrFN2. The minimum atomic E-state index is -0.196. The second kappa shape index (κ2) is 6.02. The predicted octanol–water partition coefficient (Wildman–Crippen LogP) is 3.79. The summed E-state index contributed by atoms with van der Waals surface area (Å²) in [5, 5.41) is 3.54. The van der Waals surface area contributed by atoms with Gasteiger partial charge in [-0.2, -0.15) is 0 Å². The maximum absolute atomic E-state index is 13.4. The first-order chi connectivity index (χ1) is 8.60. The topological polar surface area (TPSA) is 15.3 Å². The number of hydrogen-bond acceptors (Lipinski definition) is 2. The molecule has 1 saturated heterocycles. The molecule has 0 amide bonds. The third-order valence-electron chi connectivity index (χ3n) is 3.66. The average Bonchev–Trinajstić information content (AvgIpc) is 2.37. The van der Waals surface area contributed by atoms with Crippen LogP contribution in [0.1, 0.15) is 25.3 Å². The van der Waals surface area contributed by atoms with E-state index < -0.39 is 0 Å². The summed E-state index contributed by atoms with van der Waals surface area (Å²) in [5.41, 5.74) is 2.01. The molecule has 1 aromatic carbocycles. The highest BCUT2D eigenvalue weighted by Gasteiger charge is 2.18. The molecule has 1 aromatic rings. The van der Waals surface area contributed by atoms with Gasteiger partial charge in [0.25, 0.3) is 0 Å². The second-order valence-corrected chi connectivity index (χ2v) is 5.79. The number of likely N-dealkylation sites (tertiary alicyclic amines) is 1. The van der Waals surface area contributed by atoms with Crippen molar-refractivity contribution in [2.24, 2.45) is 0 Å². The number of piperidine rings is 1. The third kappa shape index (κ3) is 3.23. The highest BCUT2D eigenvalue weighted by Crippen LogP contribution is 2.26.